The Hall–Kier alpha value is -2.01. The number of ether oxygens (including phenoxy) is 1. The normalized spacial score (nSPS) is 13.1. The predicted molar refractivity (Wildman–Crippen MR) is 76.5 cm³/mol. The average molecular weight is 271 g/mol. The third-order valence-electron chi connectivity index (χ3n) is 3.24. The second kappa shape index (κ2) is 4.93. The molecule has 19 heavy (non-hydrogen) atoms. The highest BCUT2D eigenvalue weighted by molar-refractivity contribution is 7.80. The van der Waals surface area contributed by atoms with E-state index in [0.29, 0.717) is 11.4 Å². The highest BCUT2D eigenvalue weighted by atomic mass is 32.1. The summed E-state index contributed by atoms with van der Waals surface area (Å²) in [5.74, 6) is 1.10. The molecule has 1 aliphatic rings. The second-order valence-electron chi connectivity index (χ2n) is 4.50. The van der Waals surface area contributed by atoms with Gasteiger partial charge in [0, 0.05) is 0 Å². The number of benzene rings is 1. The van der Waals surface area contributed by atoms with Crippen molar-refractivity contribution in [3.05, 3.63) is 47.2 Å². The predicted octanol–water partition coefficient (Wildman–Crippen LogP) is 2.39. The molecule has 0 saturated carbocycles. The summed E-state index contributed by atoms with van der Waals surface area (Å²) in [5.41, 5.74) is 8.99. The van der Waals surface area contributed by atoms with Crippen LogP contribution in [0.5, 0.6) is 11.6 Å². The minimum Gasteiger partial charge on any atom is -0.437 e. The van der Waals surface area contributed by atoms with E-state index in [1.807, 2.05) is 6.07 Å². The number of fused-ring (bicyclic) bond motifs is 1. The van der Waals surface area contributed by atoms with E-state index >= 15 is 0 Å². The van der Waals surface area contributed by atoms with Crippen LogP contribution in [0.3, 0.4) is 0 Å². The third-order valence-corrected chi connectivity index (χ3v) is 3.46. The van der Waals surface area contributed by atoms with Crippen molar-refractivity contribution in [2.45, 2.75) is 19.3 Å². The Morgan fingerprint density at radius 1 is 1.21 bits per heavy atom. The zero-order valence-corrected chi connectivity index (χ0v) is 11.1. The van der Waals surface area contributed by atoms with Gasteiger partial charge in [-0.1, -0.05) is 18.3 Å². The highest BCUT2D eigenvalue weighted by Gasteiger charge is 2.13. The summed E-state index contributed by atoms with van der Waals surface area (Å²) < 4.78 is 5.75. The lowest BCUT2D eigenvalue weighted by molar-refractivity contribution is 0.453. The first-order chi connectivity index (χ1) is 9.24. The van der Waals surface area contributed by atoms with Crippen molar-refractivity contribution < 1.29 is 4.74 Å². The number of rotatable bonds is 3. The van der Waals surface area contributed by atoms with Gasteiger partial charge in [-0.3, -0.25) is 0 Å². The van der Waals surface area contributed by atoms with Gasteiger partial charge in [0.2, 0.25) is 5.88 Å². The molecule has 96 valence electrons. The summed E-state index contributed by atoms with van der Waals surface area (Å²) in [5, 5.41) is 7.76. The lowest BCUT2D eigenvalue weighted by Crippen LogP contribution is -2.12. The van der Waals surface area contributed by atoms with Crippen LogP contribution in [0.25, 0.3) is 0 Å². The smallest absolute Gasteiger partial charge is 0.249 e. The molecular formula is C14H13N3OS. The van der Waals surface area contributed by atoms with Crippen molar-refractivity contribution in [2.24, 2.45) is 5.73 Å². The fourth-order valence-corrected chi connectivity index (χ4v) is 2.46. The molecule has 5 heteroatoms. The topological polar surface area (TPSA) is 61.0 Å². The van der Waals surface area contributed by atoms with E-state index in [1.54, 1.807) is 12.3 Å². The van der Waals surface area contributed by atoms with Gasteiger partial charge in [-0.05, 0) is 48.6 Å². The fourth-order valence-electron chi connectivity index (χ4n) is 2.31. The Labute approximate surface area is 116 Å². The maximum atomic E-state index is 5.75. The molecule has 0 amide bonds. The lowest BCUT2D eigenvalue weighted by atomic mass is 10.1. The van der Waals surface area contributed by atoms with Crippen LogP contribution in [0.2, 0.25) is 0 Å². The molecular weight excluding hydrogens is 258 g/mol. The van der Waals surface area contributed by atoms with Crippen molar-refractivity contribution in [3.8, 4) is 11.6 Å². The molecule has 0 aliphatic heterocycles. The first-order valence-corrected chi connectivity index (χ1v) is 6.56. The van der Waals surface area contributed by atoms with Gasteiger partial charge < -0.3 is 10.5 Å². The van der Waals surface area contributed by atoms with Crippen molar-refractivity contribution in [2.75, 3.05) is 0 Å². The van der Waals surface area contributed by atoms with Crippen LogP contribution in [0, 0.1) is 0 Å². The van der Waals surface area contributed by atoms with E-state index in [4.69, 9.17) is 22.7 Å². The van der Waals surface area contributed by atoms with Crippen LogP contribution in [0.15, 0.2) is 30.5 Å². The second-order valence-corrected chi connectivity index (χ2v) is 4.94. The number of nitrogens with zero attached hydrogens (tertiary/aromatic N) is 2. The van der Waals surface area contributed by atoms with Crippen molar-refractivity contribution in [1.29, 1.82) is 0 Å². The number of hydrogen-bond donors (Lipinski definition) is 1. The molecule has 0 bridgehead atoms. The number of aromatic nitrogens is 2. The van der Waals surface area contributed by atoms with Crippen molar-refractivity contribution in [1.82, 2.24) is 10.2 Å². The SMILES string of the molecule is NC(=S)c1ccnnc1Oc1ccc2c(c1)CCC2. The van der Waals surface area contributed by atoms with E-state index < -0.39 is 0 Å². The molecule has 0 atom stereocenters. The summed E-state index contributed by atoms with van der Waals surface area (Å²) in [6.07, 6.45) is 5.01. The summed E-state index contributed by atoms with van der Waals surface area (Å²) in [6, 6.07) is 7.81. The molecule has 3 rings (SSSR count). The van der Waals surface area contributed by atoms with Crippen molar-refractivity contribution >= 4 is 17.2 Å². The summed E-state index contributed by atoms with van der Waals surface area (Å²) in [4.78, 5) is 0.256. The van der Waals surface area contributed by atoms with Crippen LogP contribution in [-0.2, 0) is 12.8 Å². The van der Waals surface area contributed by atoms with Gasteiger partial charge in [0.05, 0.1) is 11.8 Å². The maximum absolute atomic E-state index is 5.75. The lowest BCUT2D eigenvalue weighted by Gasteiger charge is -2.09. The Kier molecular flexibility index (Phi) is 3.13. The van der Waals surface area contributed by atoms with Gasteiger partial charge in [-0.15, -0.1) is 5.10 Å². The van der Waals surface area contributed by atoms with E-state index in [9.17, 15) is 0 Å². The van der Waals surface area contributed by atoms with Crippen LogP contribution in [0.1, 0.15) is 23.1 Å². The first kappa shape index (κ1) is 12.0. The molecule has 2 N–H and O–H groups in total. The molecule has 0 unspecified atom stereocenters. The molecule has 1 aromatic carbocycles. The van der Waals surface area contributed by atoms with Crippen LogP contribution in [-0.4, -0.2) is 15.2 Å². The monoisotopic (exact) mass is 271 g/mol. The van der Waals surface area contributed by atoms with Gasteiger partial charge in [-0.25, -0.2) is 0 Å². The third kappa shape index (κ3) is 2.42. The van der Waals surface area contributed by atoms with E-state index in [2.05, 4.69) is 22.3 Å². The van der Waals surface area contributed by atoms with Gasteiger partial charge in [0.15, 0.2) is 0 Å². The molecule has 1 aliphatic carbocycles. The van der Waals surface area contributed by atoms with Gasteiger partial charge in [-0.2, -0.15) is 5.10 Å². The minimum atomic E-state index is 0.256. The largest absolute Gasteiger partial charge is 0.437 e. The number of thiocarbonyl (C=S) groups is 1. The fraction of sp³-hybridized carbons (Fsp3) is 0.214. The molecule has 4 nitrogen and oxygen atoms in total. The van der Waals surface area contributed by atoms with Crippen molar-refractivity contribution in [3.63, 3.8) is 0 Å². The van der Waals surface area contributed by atoms with Crippen LogP contribution < -0.4 is 10.5 Å². The molecule has 2 aromatic rings. The molecule has 0 spiro atoms. The standard InChI is InChI=1S/C14H13N3OS/c15-13(19)12-6-7-16-17-14(12)18-11-5-4-9-2-1-3-10(9)8-11/h4-8H,1-3H2,(H2,15,19). The van der Waals surface area contributed by atoms with Gasteiger partial charge >= 0.3 is 0 Å². The molecule has 0 fully saturated rings. The zero-order chi connectivity index (χ0) is 13.2. The van der Waals surface area contributed by atoms with E-state index in [1.165, 1.54) is 17.5 Å². The van der Waals surface area contributed by atoms with Gasteiger partial charge in [0.25, 0.3) is 0 Å². The first-order valence-electron chi connectivity index (χ1n) is 6.15. The number of nitrogens with two attached hydrogens (primary N) is 1. The summed E-state index contributed by atoms with van der Waals surface area (Å²) in [7, 11) is 0. The van der Waals surface area contributed by atoms with E-state index in [0.717, 1.165) is 18.6 Å². The Balaban J connectivity index is 1.91. The quantitative estimate of drug-likeness (QED) is 0.869. The van der Waals surface area contributed by atoms with Crippen LogP contribution in [0.4, 0.5) is 0 Å². The molecule has 1 aromatic heterocycles. The zero-order valence-electron chi connectivity index (χ0n) is 10.3. The van der Waals surface area contributed by atoms with E-state index in [-0.39, 0.29) is 4.99 Å². The Morgan fingerprint density at radius 2 is 2.05 bits per heavy atom. The molecule has 0 radical (unpaired) electrons. The maximum Gasteiger partial charge on any atom is 0.249 e. The Bertz CT molecular complexity index is 642. The highest BCUT2D eigenvalue weighted by Crippen LogP contribution is 2.29. The number of hydrogen-bond acceptors (Lipinski definition) is 4. The summed E-state index contributed by atoms with van der Waals surface area (Å²) in [6.45, 7) is 0. The average Bonchev–Trinajstić information content (AvgIpc) is 2.86. The van der Waals surface area contributed by atoms with Crippen LogP contribution >= 0.6 is 12.2 Å². The molecule has 0 saturated heterocycles. The summed E-state index contributed by atoms with van der Waals surface area (Å²) >= 11 is 4.98. The minimum absolute atomic E-state index is 0.256. The number of aryl methyl sites for hydroxylation is 2. The Morgan fingerprint density at radius 3 is 2.89 bits per heavy atom. The molecule has 1 heterocycles. The van der Waals surface area contributed by atoms with Gasteiger partial charge in [0.1, 0.15) is 10.7 Å².